The van der Waals surface area contributed by atoms with E-state index < -0.39 is 0 Å². The topological polar surface area (TPSA) is 88.1 Å². The molecule has 0 aliphatic carbocycles. The molecule has 0 saturated carbocycles. The average Bonchev–Trinajstić information content (AvgIpc) is 3.50. The van der Waals surface area contributed by atoms with Crippen molar-refractivity contribution in [2.75, 3.05) is 57.9 Å². The number of rotatable bonds is 8. The molecule has 1 atom stereocenters. The molecule has 2 aliphatic heterocycles. The van der Waals surface area contributed by atoms with E-state index in [2.05, 4.69) is 34.2 Å². The van der Waals surface area contributed by atoms with Gasteiger partial charge in [0, 0.05) is 50.5 Å². The Kier molecular flexibility index (Phi) is 8.36. The number of carbonyl (C=O) groups is 2. The van der Waals surface area contributed by atoms with Crippen molar-refractivity contribution in [1.82, 2.24) is 20.0 Å². The number of ether oxygens (including phenoxy) is 2. The average molecular weight is 530 g/mol. The first-order valence-corrected chi connectivity index (χ1v) is 13.5. The fraction of sp³-hybridized carbons (Fsp3) is 0.400. The van der Waals surface area contributed by atoms with E-state index in [1.165, 1.54) is 5.56 Å². The molecule has 0 radical (unpaired) electrons. The molecule has 2 fully saturated rings. The molecule has 9 nitrogen and oxygen atoms in total. The van der Waals surface area contributed by atoms with Gasteiger partial charge in [-0.3, -0.25) is 9.59 Å². The Labute approximate surface area is 229 Å². The number of aryl methyl sites for hydroxylation is 1. The molecule has 39 heavy (non-hydrogen) atoms. The van der Waals surface area contributed by atoms with Crippen LogP contribution < -0.4 is 9.64 Å². The molecule has 0 bridgehead atoms. The minimum Gasteiger partial charge on any atom is -0.497 e. The molecule has 204 valence electrons. The van der Waals surface area contributed by atoms with E-state index in [1.54, 1.807) is 36.3 Å². The third kappa shape index (κ3) is 6.54. The normalized spacial score (nSPS) is 17.2. The number of aromatic nitrogens is 2. The molecule has 2 aromatic carbocycles. The fourth-order valence-electron chi connectivity index (χ4n) is 4.99. The lowest BCUT2D eigenvalue weighted by atomic mass is 10.1. The Morgan fingerprint density at radius 1 is 0.974 bits per heavy atom. The number of piperazine rings is 1. The van der Waals surface area contributed by atoms with Crippen LogP contribution in [0.25, 0.3) is 11.3 Å². The van der Waals surface area contributed by atoms with Crippen LogP contribution in [0.1, 0.15) is 28.8 Å². The molecule has 0 spiro atoms. The Bertz CT molecular complexity index is 1250. The van der Waals surface area contributed by atoms with E-state index in [4.69, 9.17) is 9.47 Å². The number of benzene rings is 2. The van der Waals surface area contributed by atoms with E-state index in [9.17, 15) is 9.59 Å². The van der Waals surface area contributed by atoms with Gasteiger partial charge in [0.25, 0.3) is 5.91 Å². The zero-order chi connectivity index (χ0) is 27.2. The third-order valence-corrected chi connectivity index (χ3v) is 7.35. The highest BCUT2D eigenvalue weighted by Crippen LogP contribution is 2.21. The molecule has 2 amide bonds. The first-order valence-electron chi connectivity index (χ1n) is 13.5. The first kappa shape index (κ1) is 26.6. The predicted octanol–water partition coefficient (Wildman–Crippen LogP) is 3.43. The Morgan fingerprint density at radius 2 is 1.72 bits per heavy atom. The SMILES string of the molecule is COc1ccc(C(=O)N(CC(=O)N2CCN(c3ccc(-c4ccc(C)cc4)nn3)CC2)C[C@H]2CCCO2)cc1. The minimum atomic E-state index is -0.177. The second-order valence-electron chi connectivity index (χ2n) is 10.1. The van der Waals surface area contributed by atoms with Gasteiger partial charge in [-0.2, -0.15) is 0 Å². The molecule has 0 N–H and O–H groups in total. The number of hydrogen-bond donors (Lipinski definition) is 0. The molecule has 3 aromatic rings. The van der Waals surface area contributed by atoms with Crippen LogP contribution in [-0.2, 0) is 9.53 Å². The second kappa shape index (κ2) is 12.3. The van der Waals surface area contributed by atoms with E-state index in [-0.39, 0.29) is 24.5 Å². The molecule has 2 aliphatic rings. The van der Waals surface area contributed by atoms with Gasteiger partial charge in [0.2, 0.25) is 5.91 Å². The number of hydrogen-bond acceptors (Lipinski definition) is 7. The van der Waals surface area contributed by atoms with Crippen LogP contribution in [0, 0.1) is 6.92 Å². The van der Waals surface area contributed by atoms with Crippen molar-refractivity contribution in [1.29, 1.82) is 0 Å². The third-order valence-electron chi connectivity index (χ3n) is 7.35. The summed E-state index contributed by atoms with van der Waals surface area (Å²) in [5.41, 5.74) is 3.60. The van der Waals surface area contributed by atoms with Crippen molar-refractivity contribution < 1.29 is 19.1 Å². The van der Waals surface area contributed by atoms with Crippen LogP contribution in [0.2, 0.25) is 0 Å². The maximum atomic E-state index is 13.4. The maximum Gasteiger partial charge on any atom is 0.254 e. The fourth-order valence-corrected chi connectivity index (χ4v) is 4.99. The molecule has 1 aromatic heterocycles. The number of anilines is 1. The van der Waals surface area contributed by atoms with E-state index in [1.807, 2.05) is 29.2 Å². The summed E-state index contributed by atoms with van der Waals surface area (Å²) in [5, 5.41) is 8.86. The standard InChI is InChI=1S/C30H35N5O4/c1-22-5-7-23(8-6-22)27-13-14-28(32-31-27)33-15-17-34(18-16-33)29(36)21-35(20-26-4-3-19-39-26)30(37)24-9-11-25(38-2)12-10-24/h5-14,26H,3-4,15-21H2,1-2H3/t26-/m1/s1. The molecule has 5 rings (SSSR count). The molecular formula is C30H35N5O4. The van der Waals surface area contributed by atoms with Crippen molar-refractivity contribution in [2.45, 2.75) is 25.9 Å². The van der Waals surface area contributed by atoms with Gasteiger partial charge in [-0.05, 0) is 56.2 Å². The number of nitrogens with zero attached hydrogens (tertiary/aromatic N) is 5. The van der Waals surface area contributed by atoms with E-state index in [0.29, 0.717) is 50.6 Å². The van der Waals surface area contributed by atoms with Crippen LogP contribution in [0.3, 0.4) is 0 Å². The van der Waals surface area contributed by atoms with E-state index >= 15 is 0 Å². The Balaban J connectivity index is 1.19. The van der Waals surface area contributed by atoms with Crippen LogP contribution in [0.4, 0.5) is 5.82 Å². The summed E-state index contributed by atoms with van der Waals surface area (Å²) in [6.45, 7) is 5.61. The highest BCUT2D eigenvalue weighted by atomic mass is 16.5. The molecule has 3 heterocycles. The van der Waals surface area contributed by atoms with Crippen molar-refractivity contribution in [3.8, 4) is 17.0 Å². The lowest BCUT2D eigenvalue weighted by Crippen LogP contribution is -2.52. The zero-order valence-corrected chi connectivity index (χ0v) is 22.6. The van der Waals surface area contributed by atoms with E-state index in [0.717, 1.165) is 29.9 Å². The smallest absolute Gasteiger partial charge is 0.254 e. The summed E-state index contributed by atoms with van der Waals surface area (Å²) in [6, 6.07) is 19.2. The van der Waals surface area contributed by atoms with Crippen LogP contribution >= 0.6 is 0 Å². The van der Waals surface area contributed by atoms with Crippen molar-refractivity contribution >= 4 is 17.6 Å². The monoisotopic (exact) mass is 529 g/mol. The Hall–Kier alpha value is -3.98. The predicted molar refractivity (Wildman–Crippen MR) is 149 cm³/mol. The van der Waals surface area contributed by atoms with Crippen molar-refractivity contribution in [3.05, 3.63) is 71.8 Å². The maximum absolute atomic E-state index is 13.4. The summed E-state index contributed by atoms with van der Waals surface area (Å²) in [4.78, 5) is 32.3. The number of methoxy groups -OCH3 is 1. The Morgan fingerprint density at radius 3 is 2.33 bits per heavy atom. The van der Waals surface area contributed by atoms with Gasteiger partial charge >= 0.3 is 0 Å². The van der Waals surface area contributed by atoms with Gasteiger partial charge in [-0.1, -0.05) is 29.8 Å². The number of carbonyl (C=O) groups excluding carboxylic acids is 2. The van der Waals surface area contributed by atoms with Gasteiger partial charge in [0.1, 0.15) is 12.3 Å². The summed E-state index contributed by atoms with van der Waals surface area (Å²) in [6.07, 6.45) is 1.82. The van der Waals surface area contributed by atoms with Crippen LogP contribution in [-0.4, -0.2) is 90.9 Å². The summed E-state index contributed by atoms with van der Waals surface area (Å²) in [5.74, 6) is 1.24. The largest absolute Gasteiger partial charge is 0.497 e. The quantitative estimate of drug-likeness (QED) is 0.442. The van der Waals surface area contributed by atoms with Gasteiger partial charge in [0.05, 0.1) is 18.9 Å². The van der Waals surface area contributed by atoms with Crippen molar-refractivity contribution in [2.24, 2.45) is 0 Å². The highest BCUT2D eigenvalue weighted by molar-refractivity contribution is 5.96. The minimum absolute atomic E-state index is 0.0236. The zero-order valence-electron chi connectivity index (χ0n) is 22.6. The van der Waals surface area contributed by atoms with Gasteiger partial charge in [-0.15, -0.1) is 10.2 Å². The van der Waals surface area contributed by atoms with Crippen LogP contribution in [0.5, 0.6) is 5.75 Å². The highest BCUT2D eigenvalue weighted by Gasteiger charge is 2.29. The van der Waals surface area contributed by atoms with Gasteiger partial charge < -0.3 is 24.2 Å². The summed E-state index contributed by atoms with van der Waals surface area (Å²) in [7, 11) is 1.59. The molecule has 0 unspecified atom stereocenters. The molecular weight excluding hydrogens is 494 g/mol. The summed E-state index contributed by atoms with van der Waals surface area (Å²) >= 11 is 0. The number of amides is 2. The second-order valence-corrected chi connectivity index (χ2v) is 10.1. The molecule has 9 heteroatoms. The van der Waals surface area contributed by atoms with Crippen molar-refractivity contribution in [3.63, 3.8) is 0 Å². The lowest BCUT2D eigenvalue weighted by Gasteiger charge is -2.36. The first-order chi connectivity index (χ1) is 19.0. The summed E-state index contributed by atoms with van der Waals surface area (Å²) < 4.78 is 11.0. The molecule has 2 saturated heterocycles. The van der Waals surface area contributed by atoms with Gasteiger partial charge in [-0.25, -0.2) is 0 Å². The lowest BCUT2D eigenvalue weighted by molar-refractivity contribution is -0.132. The van der Waals surface area contributed by atoms with Gasteiger partial charge in [0.15, 0.2) is 5.82 Å². The van der Waals surface area contributed by atoms with Crippen LogP contribution in [0.15, 0.2) is 60.7 Å².